The molecule has 4 nitrogen and oxygen atoms in total. The molecule has 21 heavy (non-hydrogen) atoms. The maximum Gasteiger partial charge on any atom is 0.416 e. The molecule has 0 amide bonds. The van der Waals surface area contributed by atoms with Gasteiger partial charge in [-0.2, -0.15) is 18.3 Å². The van der Waals surface area contributed by atoms with Crippen molar-refractivity contribution in [2.45, 2.75) is 32.7 Å². The Balaban J connectivity index is 2.28. The fourth-order valence-corrected chi connectivity index (χ4v) is 1.81. The molecule has 0 saturated heterocycles. The third kappa shape index (κ3) is 3.55. The molecular formula is C14H15F3N2O2. The summed E-state index contributed by atoms with van der Waals surface area (Å²) < 4.78 is 45.7. The van der Waals surface area contributed by atoms with E-state index in [4.69, 9.17) is 9.84 Å². The van der Waals surface area contributed by atoms with Crippen LogP contribution in [0.25, 0.3) is 0 Å². The van der Waals surface area contributed by atoms with Crippen LogP contribution in [0.15, 0.2) is 30.6 Å². The highest BCUT2D eigenvalue weighted by atomic mass is 19.4. The summed E-state index contributed by atoms with van der Waals surface area (Å²) in [7, 11) is 0. The number of benzene rings is 1. The van der Waals surface area contributed by atoms with Gasteiger partial charge in [-0.05, 0) is 31.5 Å². The average molecular weight is 300 g/mol. The maximum atomic E-state index is 12.9. The molecule has 114 valence electrons. The molecule has 0 radical (unpaired) electrons. The van der Waals surface area contributed by atoms with E-state index in [9.17, 15) is 13.2 Å². The Morgan fingerprint density at radius 1 is 1.29 bits per heavy atom. The number of ether oxygens (including phenoxy) is 1. The van der Waals surface area contributed by atoms with Crippen LogP contribution in [0, 0.1) is 0 Å². The molecular weight excluding hydrogens is 285 g/mol. The first-order valence-corrected chi connectivity index (χ1v) is 6.34. The Bertz CT molecular complexity index is 621. The number of alkyl halides is 3. The largest absolute Gasteiger partial charge is 0.454 e. The van der Waals surface area contributed by atoms with E-state index in [0.717, 1.165) is 6.07 Å². The number of rotatable bonds is 4. The molecule has 1 aromatic heterocycles. The van der Waals surface area contributed by atoms with Crippen molar-refractivity contribution in [3.8, 4) is 11.5 Å². The molecule has 2 rings (SSSR count). The van der Waals surface area contributed by atoms with Gasteiger partial charge in [-0.25, -0.2) is 0 Å². The smallest absolute Gasteiger partial charge is 0.416 e. The molecule has 1 N–H and O–H groups in total. The van der Waals surface area contributed by atoms with Crippen LogP contribution >= 0.6 is 0 Å². The fraction of sp³-hybridized carbons (Fsp3) is 0.357. The first-order chi connectivity index (χ1) is 9.81. The van der Waals surface area contributed by atoms with Gasteiger partial charge in [-0.15, -0.1) is 0 Å². The van der Waals surface area contributed by atoms with Gasteiger partial charge in [-0.1, -0.05) is 6.07 Å². The Morgan fingerprint density at radius 2 is 2.00 bits per heavy atom. The topological polar surface area (TPSA) is 47.3 Å². The van der Waals surface area contributed by atoms with Crippen LogP contribution in [-0.2, 0) is 12.8 Å². The quantitative estimate of drug-likeness (QED) is 0.935. The van der Waals surface area contributed by atoms with Crippen molar-refractivity contribution in [2.24, 2.45) is 0 Å². The zero-order chi connectivity index (χ0) is 15.6. The van der Waals surface area contributed by atoms with Gasteiger partial charge in [0.05, 0.1) is 24.6 Å². The molecule has 0 saturated carbocycles. The van der Waals surface area contributed by atoms with Crippen molar-refractivity contribution in [1.82, 2.24) is 9.78 Å². The van der Waals surface area contributed by atoms with Crippen molar-refractivity contribution in [1.29, 1.82) is 0 Å². The first-order valence-electron chi connectivity index (χ1n) is 6.34. The summed E-state index contributed by atoms with van der Waals surface area (Å²) in [5.74, 6) is 0.399. The summed E-state index contributed by atoms with van der Waals surface area (Å²) in [6.45, 7) is 3.17. The minimum Gasteiger partial charge on any atom is -0.454 e. The summed E-state index contributed by atoms with van der Waals surface area (Å²) in [5.41, 5.74) is -1.09. The normalized spacial score (nSPS) is 12.0. The van der Waals surface area contributed by atoms with Crippen LogP contribution < -0.4 is 4.74 Å². The summed E-state index contributed by atoms with van der Waals surface area (Å²) in [4.78, 5) is 0. The van der Waals surface area contributed by atoms with E-state index in [2.05, 4.69) is 5.10 Å². The highest BCUT2D eigenvalue weighted by molar-refractivity contribution is 5.39. The standard InChI is InChI=1S/C14H15F3N2O2/c1-9(2)19-7-12(6-18-19)21-11-4-3-10(8-20)13(5-11)14(15,16)17/h3-7,9,20H,8H2,1-2H3. The Hall–Kier alpha value is -2.02. The third-order valence-electron chi connectivity index (χ3n) is 2.90. The molecule has 0 aliphatic heterocycles. The van der Waals surface area contributed by atoms with E-state index in [1.54, 1.807) is 10.9 Å². The number of nitrogens with zero attached hydrogens (tertiary/aromatic N) is 2. The molecule has 0 atom stereocenters. The molecule has 0 spiro atoms. The van der Waals surface area contributed by atoms with Gasteiger partial charge in [0.25, 0.3) is 0 Å². The number of halogens is 3. The van der Waals surface area contributed by atoms with E-state index < -0.39 is 18.3 Å². The summed E-state index contributed by atoms with van der Waals surface area (Å²) in [5, 5.41) is 13.0. The van der Waals surface area contributed by atoms with Crippen LogP contribution in [-0.4, -0.2) is 14.9 Å². The van der Waals surface area contributed by atoms with E-state index in [1.807, 2.05) is 13.8 Å². The van der Waals surface area contributed by atoms with Crippen LogP contribution in [0.1, 0.15) is 31.0 Å². The second-order valence-electron chi connectivity index (χ2n) is 4.83. The monoisotopic (exact) mass is 300 g/mol. The molecule has 0 bridgehead atoms. The van der Waals surface area contributed by atoms with Gasteiger partial charge in [0.2, 0.25) is 0 Å². The maximum absolute atomic E-state index is 12.9. The predicted molar refractivity (Wildman–Crippen MR) is 70.1 cm³/mol. The number of aliphatic hydroxyl groups is 1. The fourth-order valence-electron chi connectivity index (χ4n) is 1.81. The van der Waals surface area contributed by atoms with Crippen LogP contribution in [0.2, 0.25) is 0 Å². The Kier molecular flexibility index (Phi) is 4.22. The van der Waals surface area contributed by atoms with E-state index in [0.29, 0.717) is 5.75 Å². The summed E-state index contributed by atoms with van der Waals surface area (Å²) >= 11 is 0. The molecule has 0 aliphatic carbocycles. The van der Waals surface area contributed by atoms with Crippen molar-refractivity contribution >= 4 is 0 Å². The van der Waals surface area contributed by atoms with Gasteiger partial charge < -0.3 is 9.84 Å². The van der Waals surface area contributed by atoms with Gasteiger partial charge >= 0.3 is 6.18 Å². The van der Waals surface area contributed by atoms with Crippen molar-refractivity contribution in [3.05, 3.63) is 41.7 Å². The van der Waals surface area contributed by atoms with Gasteiger partial charge in [0.1, 0.15) is 5.75 Å². The zero-order valence-electron chi connectivity index (χ0n) is 11.6. The predicted octanol–water partition coefficient (Wildman–Crippen LogP) is 3.77. The van der Waals surface area contributed by atoms with Crippen LogP contribution in [0.5, 0.6) is 11.5 Å². The lowest BCUT2D eigenvalue weighted by Gasteiger charge is -2.13. The van der Waals surface area contributed by atoms with Gasteiger partial charge in [0.15, 0.2) is 5.75 Å². The molecule has 1 aromatic carbocycles. The molecule has 0 aliphatic rings. The zero-order valence-corrected chi connectivity index (χ0v) is 11.6. The molecule has 0 fully saturated rings. The lowest BCUT2D eigenvalue weighted by Crippen LogP contribution is -2.09. The van der Waals surface area contributed by atoms with Crippen molar-refractivity contribution in [3.63, 3.8) is 0 Å². The lowest BCUT2D eigenvalue weighted by atomic mass is 10.1. The lowest BCUT2D eigenvalue weighted by molar-refractivity contribution is -0.138. The minimum atomic E-state index is -4.54. The molecule has 2 aromatic rings. The highest BCUT2D eigenvalue weighted by Crippen LogP contribution is 2.35. The third-order valence-corrected chi connectivity index (χ3v) is 2.90. The van der Waals surface area contributed by atoms with Crippen molar-refractivity contribution < 1.29 is 23.0 Å². The number of hydrogen-bond acceptors (Lipinski definition) is 3. The number of aliphatic hydroxyl groups excluding tert-OH is 1. The molecule has 1 heterocycles. The van der Waals surface area contributed by atoms with Gasteiger partial charge in [-0.3, -0.25) is 4.68 Å². The summed E-state index contributed by atoms with van der Waals surface area (Å²) in [6, 6.07) is 3.58. The summed E-state index contributed by atoms with van der Waals surface area (Å²) in [6.07, 6.45) is -1.50. The second kappa shape index (κ2) is 5.77. The van der Waals surface area contributed by atoms with E-state index in [1.165, 1.54) is 18.3 Å². The Morgan fingerprint density at radius 3 is 2.52 bits per heavy atom. The second-order valence-corrected chi connectivity index (χ2v) is 4.83. The van der Waals surface area contributed by atoms with E-state index in [-0.39, 0.29) is 17.4 Å². The molecule has 7 heteroatoms. The van der Waals surface area contributed by atoms with E-state index >= 15 is 0 Å². The first kappa shape index (κ1) is 15.4. The SMILES string of the molecule is CC(C)n1cc(Oc2ccc(CO)c(C(F)(F)F)c2)cn1. The highest BCUT2D eigenvalue weighted by Gasteiger charge is 2.33. The average Bonchev–Trinajstić information content (AvgIpc) is 2.86. The van der Waals surface area contributed by atoms with Crippen molar-refractivity contribution in [2.75, 3.05) is 0 Å². The molecule has 0 unspecified atom stereocenters. The van der Waals surface area contributed by atoms with Gasteiger partial charge in [0, 0.05) is 6.04 Å². The minimum absolute atomic E-state index is 0.0443. The Labute approximate surface area is 119 Å². The van der Waals surface area contributed by atoms with Crippen LogP contribution in [0.3, 0.4) is 0 Å². The number of hydrogen-bond donors (Lipinski definition) is 1. The number of aromatic nitrogens is 2. The van der Waals surface area contributed by atoms with Crippen LogP contribution in [0.4, 0.5) is 13.2 Å².